The Bertz CT molecular complexity index is 705. The molecule has 2 aliphatic rings. The highest BCUT2D eigenvalue weighted by Crippen LogP contribution is 2.28. The van der Waals surface area contributed by atoms with E-state index in [0.29, 0.717) is 13.1 Å². The Morgan fingerprint density at radius 1 is 1.04 bits per heavy atom. The van der Waals surface area contributed by atoms with Gasteiger partial charge in [-0.1, -0.05) is 38.4 Å². The minimum absolute atomic E-state index is 0.0477. The van der Waals surface area contributed by atoms with Crippen molar-refractivity contribution in [2.75, 3.05) is 44.2 Å². The molecule has 3 rings (SSSR count). The largest absolute Gasteiger partial charge is 0.368 e. The molecule has 2 saturated heterocycles. The maximum Gasteiger partial charge on any atom is 0.228 e. The number of halogens is 1. The zero-order chi connectivity index (χ0) is 20.3. The molecule has 2 amide bonds. The first kappa shape index (κ1) is 21.0. The molecule has 0 N–H and O–H groups in total. The lowest BCUT2D eigenvalue weighted by Crippen LogP contribution is -2.52. The molecule has 0 radical (unpaired) electrons. The summed E-state index contributed by atoms with van der Waals surface area (Å²) in [5.41, 5.74) is 0.804. The minimum atomic E-state index is -0.312. The standard InChI is InChI=1S/C22H32ClN3O2/c1-4-22(2,3)21(28)26-10-8-17(9-11-26)20(27)25-14-12-24(13-15-25)19-7-5-6-18(23)16-19/h5-7,16-17H,4,8-15H2,1-3H3. The summed E-state index contributed by atoms with van der Waals surface area (Å²) in [6.07, 6.45) is 2.39. The summed E-state index contributed by atoms with van der Waals surface area (Å²) < 4.78 is 0. The Balaban J connectivity index is 1.49. The van der Waals surface area contributed by atoms with Crippen molar-refractivity contribution in [1.29, 1.82) is 0 Å². The molecule has 0 atom stereocenters. The monoisotopic (exact) mass is 405 g/mol. The van der Waals surface area contributed by atoms with Gasteiger partial charge in [-0.2, -0.15) is 0 Å². The Morgan fingerprint density at radius 3 is 2.25 bits per heavy atom. The average Bonchev–Trinajstić information content (AvgIpc) is 2.73. The van der Waals surface area contributed by atoms with Gasteiger partial charge in [0.05, 0.1) is 0 Å². The van der Waals surface area contributed by atoms with Crippen molar-refractivity contribution in [3.05, 3.63) is 29.3 Å². The first-order valence-corrected chi connectivity index (χ1v) is 10.8. The zero-order valence-electron chi connectivity index (χ0n) is 17.3. The van der Waals surface area contributed by atoms with Gasteiger partial charge in [0.2, 0.25) is 11.8 Å². The van der Waals surface area contributed by atoms with Crippen molar-refractivity contribution in [2.45, 2.75) is 40.0 Å². The van der Waals surface area contributed by atoms with Crippen LogP contribution in [0.15, 0.2) is 24.3 Å². The normalized spacial score (nSPS) is 19.1. The number of piperazine rings is 1. The summed E-state index contributed by atoms with van der Waals surface area (Å²) in [4.78, 5) is 31.8. The molecule has 5 nitrogen and oxygen atoms in total. The van der Waals surface area contributed by atoms with Crippen LogP contribution in [0.3, 0.4) is 0 Å². The molecule has 0 unspecified atom stereocenters. The van der Waals surface area contributed by atoms with E-state index in [1.54, 1.807) is 0 Å². The van der Waals surface area contributed by atoms with E-state index in [0.717, 1.165) is 56.2 Å². The van der Waals surface area contributed by atoms with Crippen LogP contribution in [0.4, 0.5) is 5.69 Å². The number of carbonyl (C=O) groups is 2. The zero-order valence-corrected chi connectivity index (χ0v) is 18.0. The van der Waals surface area contributed by atoms with Crippen LogP contribution in [-0.4, -0.2) is 60.9 Å². The number of anilines is 1. The van der Waals surface area contributed by atoms with Crippen LogP contribution in [0.1, 0.15) is 40.0 Å². The Hall–Kier alpha value is -1.75. The summed E-state index contributed by atoms with van der Waals surface area (Å²) in [5.74, 6) is 0.523. The molecule has 0 aromatic heterocycles. The molecule has 0 spiro atoms. The van der Waals surface area contributed by atoms with E-state index in [1.807, 2.05) is 41.8 Å². The number of likely N-dealkylation sites (tertiary alicyclic amines) is 1. The summed E-state index contributed by atoms with van der Waals surface area (Å²) in [5, 5.41) is 0.739. The number of carbonyl (C=O) groups excluding carboxylic acids is 2. The first-order chi connectivity index (χ1) is 13.3. The Morgan fingerprint density at radius 2 is 1.68 bits per heavy atom. The van der Waals surface area contributed by atoms with Gasteiger partial charge in [-0.25, -0.2) is 0 Å². The quantitative estimate of drug-likeness (QED) is 0.767. The van der Waals surface area contributed by atoms with E-state index >= 15 is 0 Å². The first-order valence-electron chi connectivity index (χ1n) is 10.4. The molecular formula is C22H32ClN3O2. The molecule has 0 saturated carbocycles. The molecule has 2 heterocycles. The molecule has 1 aromatic carbocycles. The lowest BCUT2D eigenvalue weighted by Gasteiger charge is -2.40. The lowest BCUT2D eigenvalue weighted by atomic mass is 9.86. The Labute approximate surface area is 173 Å². The molecule has 2 aliphatic heterocycles. The van der Waals surface area contributed by atoms with Gasteiger partial charge in [0.1, 0.15) is 0 Å². The van der Waals surface area contributed by atoms with Crippen molar-refractivity contribution < 1.29 is 9.59 Å². The molecule has 0 bridgehead atoms. The molecule has 2 fully saturated rings. The second-order valence-corrected chi connectivity index (χ2v) is 9.03. The number of amides is 2. The number of piperidine rings is 1. The predicted molar refractivity (Wildman–Crippen MR) is 114 cm³/mol. The van der Waals surface area contributed by atoms with Crippen molar-refractivity contribution in [3.63, 3.8) is 0 Å². The van der Waals surface area contributed by atoms with Gasteiger partial charge in [0.25, 0.3) is 0 Å². The van der Waals surface area contributed by atoms with Gasteiger partial charge >= 0.3 is 0 Å². The van der Waals surface area contributed by atoms with E-state index in [9.17, 15) is 9.59 Å². The van der Waals surface area contributed by atoms with Gasteiger partial charge < -0.3 is 14.7 Å². The number of hydrogen-bond acceptors (Lipinski definition) is 3. The van der Waals surface area contributed by atoms with Crippen LogP contribution in [0.25, 0.3) is 0 Å². The van der Waals surface area contributed by atoms with E-state index in [-0.39, 0.29) is 23.1 Å². The fraction of sp³-hybridized carbons (Fsp3) is 0.636. The van der Waals surface area contributed by atoms with E-state index in [4.69, 9.17) is 11.6 Å². The van der Waals surface area contributed by atoms with Crippen LogP contribution >= 0.6 is 11.6 Å². The second-order valence-electron chi connectivity index (χ2n) is 8.60. The van der Waals surface area contributed by atoms with Crippen LogP contribution in [0.2, 0.25) is 5.02 Å². The van der Waals surface area contributed by atoms with Crippen LogP contribution in [0, 0.1) is 11.3 Å². The third-order valence-electron chi connectivity index (χ3n) is 6.36. The molecular weight excluding hydrogens is 374 g/mol. The third-order valence-corrected chi connectivity index (χ3v) is 6.59. The fourth-order valence-electron chi connectivity index (χ4n) is 4.02. The number of hydrogen-bond donors (Lipinski definition) is 0. The van der Waals surface area contributed by atoms with Crippen molar-refractivity contribution in [1.82, 2.24) is 9.80 Å². The average molecular weight is 406 g/mol. The number of benzene rings is 1. The summed E-state index contributed by atoms with van der Waals surface area (Å²) in [7, 11) is 0. The van der Waals surface area contributed by atoms with Crippen molar-refractivity contribution >= 4 is 29.1 Å². The minimum Gasteiger partial charge on any atom is -0.368 e. The van der Waals surface area contributed by atoms with E-state index in [1.165, 1.54) is 0 Å². The topological polar surface area (TPSA) is 43.9 Å². The second kappa shape index (κ2) is 8.73. The van der Waals surface area contributed by atoms with Crippen LogP contribution < -0.4 is 4.90 Å². The van der Waals surface area contributed by atoms with Crippen molar-refractivity contribution in [3.8, 4) is 0 Å². The fourth-order valence-corrected chi connectivity index (χ4v) is 4.21. The number of rotatable bonds is 4. The maximum absolute atomic E-state index is 13.0. The molecule has 6 heteroatoms. The molecule has 154 valence electrons. The van der Waals surface area contributed by atoms with Gasteiger partial charge in [0, 0.05) is 61.3 Å². The van der Waals surface area contributed by atoms with Gasteiger partial charge in [-0.3, -0.25) is 9.59 Å². The molecule has 0 aliphatic carbocycles. The van der Waals surface area contributed by atoms with Gasteiger partial charge in [-0.15, -0.1) is 0 Å². The predicted octanol–water partition coefficient (Wildman–Crippen LogP) is 3.66. The van der Waals surface area contributed by atoms with Crippen LogP contribution in [0.5, 0.6) is 0 Å². The SMILES string of the molecule is CCC(C)(C)C(=O)N1CCC(C(=O)N2CCN(c3cccc(Cl)c3)CC2)CC1. The highest BCUT2D eigenvalue weighted by Gasteiger charge is 2.35. The third kappa shape index (κ3) is 4.62. The molecule has 28 heavy (non-hydrogen) atoms. The van der Waals surface area contributed by atoms with Crippen molar-refractivity contribution in [2.24, 2.45) is 11.3 Å². The lowest BCUT2D eigenvalue weighted by molar-refractivity contribution is -0.145. The van der Waals surface area contributed by atoms with Gasteiger partial charge in [0.15, 0.2) is 0 Å². The summed E-state index contributed by atoms with van der Waals surface area (Å²) in [6.45, 7) is 10.6. The maximum atomic E-state index is 13.0. The highest BCUT2D eigenvalue weighted by molar-refractivity contribution is 6.30. The Kier molecular flexibility index (Phi) is 6.54. The highest BCUT2D eigenvalue weighted by atomic mass is 35.5. The van der Waals surface area contributed by atoms with E-state index in [2.05, 4.69) is 17.9 Å². The van der Waals surface area contributed by atoms with E-state index < -0.39 is 0 Å². The summed E-state index contributed by atoms with van der Waals surface area (Å²) in [6, 6.07) is 7.88. The smallest absolute Gasteiger partial charge is 0.228 e. The van der Waals surface area contributed by atoms with Gasteiger partial charge in [-0.05, 0) is 37.5 Å². The molecule has 1 aromatic rings. The number of nitrogens with zero attached hydrogens (tertiary/aromatic N) is 3. The van der Waals surface area contributed by atoms with Crippen LogP contribution in [-0.2, 0) is 9.59 Å². The summed E-state index contributed by atoms with van der Waals surface area (Å²) >= 11 is 6.10.